The minimum Gasteiger partial charge on any atom is -0.494 e. The number of amides is 1. The molecule has 0 spiro atoms. The topological polar surface area (TPSA) is 60.2 Å². The van der Waals surface area contributed by atoms with Crippen LogP contribution in [0.15, 0.2) is 48.8 Å². The van der Waals surface area contributed by atoms with Crippen LogP contribution in [0.4, 0.5) is 0 Å². The molecule has 3 aromatic rings. The fourth-order valence-corrected chi connectivity index (χ4v) is 4.12. The molecule has 1 aliphatic rings. The van der Waals surface area contributed by atoms with Crippen LogP contribution in [0, 0.1) is 13.8 Å². The maximum absolute atomic E-state index is 13.5. The van der Waals surface area contributed by atoms with Gasteiger partial charge in [-0.1, -0.05) is 6.07 Å². The summed E-state index contributed by atoms with van der Waals surface area (Å²) in [7, 11) is 1.63. The molecule has 29 heavy (non-hydrogen) atoms. The predicted molar refractivity (Wildman–Crippen MR) is 111 cm³/mol. The molecule has 4 rings (SSSR count). The Kier molecular flexibility index (Phi) is 5.34. The molecule has 1 amide bonds. The number of likely N-dealkylation sites (tertiary alicyclic amines) is 1. The molecule has 1 aliphatic heterocycles. The minimum atomic E-state index is 0.0315. The highest BCUT2D eigenvalue weighted by atomic mass is 16.5. The van der Waals surface area contributed by atoms with E-state index >= 15 is 0 Å². The van der Waals surface area contributed by atoms with E-state index in [1.54, 1.807) is 13.3 Å². The van der Waals surface area contributed by atoms with Crippen LogP contribution in [-0.4, -0.2) is 39.2 Å². The van der Waals surface area contributed by atoms with Crippen LogP contribution < -0.4 is 4.74 Å². The molecule has 6 heteroatoms. The molecule has 0 N–H and O–H groups in total. The van der Waals surface area contributed by atoms with Crippen molar-refractivity contribution in [1.82, 2.24) is 19.7 Å². The zero-order valence-corrected chi connectivity index (χ0v) is 17.1. The van der Waals surface area contributed by atoms with E-state index in [-0.39, 0.29) is 11.9 Å². The van der Waals surface area contributed by atoms with Gasteiger partial charge in [0, 0.05) is 30.2 Å². The number of aromatic nitrogens is 3. The SMILES string of the molecule is COc1ccc(C(=O)N2CCCC[C@H]2c2cccnc2)cc1-n1nc(C)cc1C. The van der Waals surface area contributed by atoms with E-state index in [0.29, 0.717) is 11.3 Å². The number of carbonyl (C=O) groups excluding carboxylic acids is 1. The van der Waals surface area contributed by atoms with Crippen LogP contribution in [0.1, 0.15) is 52.6 Å². The molecule has 150 valence electrons. The van der Waals surface area contributed by atoms with Gasteiger partial charge in [0.05, 0.1) is 18.8 Å². The van der Waals surface area contributed by atoms with E-state index in [4.69, 9.17) is 4.74 Å². The Labute approximate surface area is 171 Å². The zero-order chi connectivity index (χ0) is 20.4. The Hall–Kier alpha value is -3.15. The summed E-state index contributed by atoms with van der Waals surface area (Å²) < 4.78 is 7.37. The third kappa shape index (κ3) is 3.75. The van der Waals surface area contributed by atoms with E-state index in [1.165, 1.54) is 0 Å². The first-order valence-electron chi connectivity index (χ1n) is 10.0. The number of pyridine rings is 1. The highest BCUT2D eigenvalue weighted by Gasteiger charge is 2.29. The first-order valence-corrected chi connectivity index (χ1v) is 10.0. The number of hydrogen-bond acceptors (Lipinski definition) is 4. The third-order valence-corrected chi connectivity index (χ3v) is 5.50. The van der Waals surface area contributed by atoms with Crippen LogP contribution in [0.2, 0.25) is 0 Å². The van der Waals surface area contributed by atoms with E-state index in [0.717, 1.165) is 48.4 Å². The molecule has 1 aromatic carbocycles. The number of carbonyl (C=O) groups is 1. The lowest BCUT2D eigenvalue weighted by molar-refractivity contribution is 0.0611. The first-order chi connectivity index (χ1) is 14.1. The van der Waals surface area contributed by atoms with Crippen LogP contribution in [0.25, 0.3) is 5.69 Å². The molecule has 6 nitrogen and oxygen atoms in total. The van der Waals surface area contributed by atoms with Gasteiger partial charge < -0.3 is 9.64 Å². The molecule has 3 heterocycles. The number of rotatable bonds is 4. The van der Waals surface area contributed by atoms with Gasteiger partial charge in [-0.15, -0.1) is 0 Å². The summed E-state index contributed by atoms with van der Waals surface area (Å²) in [6.07, 6.45) is 6.72. The maximum Gasteiger partial charge on any atom is 0.254 e. The zero-order valence-electron chi connectivity index (χ0n) is 17.1. The molecule has 0 aliphatic carbocycles. The molecule has 0 saturated carbocycles. The van der Waals surface area contributed by atoms with Crippen LogP contribution in [-0.2, 0) is 0 Å². The van der Waals surface area contributed by atoms with Crippen LogP contribution in [0.5, 0.6) is 5.75 Å². The average molecular weight is 390 g/mol. The number of benzene rings is 1. The van der Waals surface area contributed by atoms with Crippen molar-refractivity contribution in [3.8, 4) is 11.4 Å². The van der Waals surface area contributed by atoms with Gasteiger partial charge in [0.1, 0.15) is 11.4 Å². The highest BCUT2D eigenvalue weighted by molar-refractivity contribution is 5.95. The van der Waals surface area contributed by atoms with Crippen molar-refractivity contribution in [2.24, 2.45) is 0 Å². The summed E-state index contributed by atoms with van der Waals surface area (Å²) in [5, 5.41) is 4.57. The highest BCUT2D eigenvalue weighted by Crippen LogP contribution is 2.33. The molecule has 1 fully saturated rings. The standard InChI is InChI=1S/C23H26N4O2/c1-16-13-17(2)27(25-16)21-14-18(9-10-22(21)29-3)23(28)26-12-5-4-8-20(26)19-7-6-11-24-15-19/h6-7,9-11,13-15,20H,4-5,8,12H2,1-3H3/t20-/m0/s1. The molecule has 1 saturated heterocycles. The molecule has 0 bridgehead atoms. The van der Waals surface area contributed by atoms with E-state index < -0.39 is 0 Å². The number of nitrogens with zero attached hydrogens (tertiary/aromatic N) is 4. The number of hydrogen-bond donors (Lipinski definition) is 0. The van der Waals surface area contributed by atoms with E-state index in [2.05, 4.69) is 16.1 Å². The number of aryl methyl sites for hydroxylation is 2. The smallest absolute Gasteiger partial charge is 0.254 e. The number of piperidine rings is 1. The summed E-state index contributed by atoms with van der Waals surface area (Å²) in [4.78, 5) is 19.7. The van der Waals surface area contributed by atoms with Crippen molar-refractivity contribution in [3.05, 3.63) is 71.3 Å². The lowest BCUT2D eigenvalue weighted by Crippen LogP contribution is -2.38. The Morgan fingerprint density at radius 3 is 2.72 bits per heavy atom. The van der Waals surface area contributed by atoms with Gasteiger partial charge in [-0.3, -0.25) is 9.78 Å². The summed E-state index contributed by atoms with van der Waals surface area (Å²) >= 11 is 0. The molecule has 0 radical (unpaired) electrons. The number of methoxy groups -OCH3 is 1. The lowest BCUT2D eigenvalue weighted by atomic mass is 9.95. The quantitative estimate of drug-likeness (QED) is 0.668. The average Bonchev–Trinajstić information content (AvgIpc) is 3.11. The summed E-state index contributed by atoms with van der Waals surface area (Å²) in [5.41, 5.74) is 4.43. The van der Waals surface area contributed by atoms with Crippen molar-refractivity contribution in [2.75, 3.05) is 13.7 Å². The summed E-state index contributed by atoms with van der Waals surface area (Å²) in [6, 6.07) is 11.6. The lowest BCUT2D eigenvalue weighted by Gasteiger charge is -2.36. The molecule has 2 aromatic heterocycles. The number of ether oxygens (including phenoxy) is 1. The van der Waals surface area contributed by atoms with Crippen LogP contribution >= 0.6 is 0 Å². The van der Waals surface area contributed by atoms with Crippen LogP contribution in [0.3, 0.4) is 0 Å². The predicted octanol–water partition coefficient (Wildman–Crippen LogP) is 4.26. The van der Waals surface area contributed by atoms with Crippen molar-refractivity contribution in [2.45, 2.75) is 39.2 Å². The van der Waals surface area contributed by atoms with Gasteiger partial charge >= 0.3 is 0 Å². The maximum atomic E-state index is 13.5. The van der Waals surface area contributed by atoms with Crippen molar-refractivity contribution in [1.29, 1.82) is 0 Å². The summed E-state index contributed by atoms with van der Waals surface area (Å²) in [6.45, 7) is 4.70. The van der Waals surface area contributed by atoms with Gasteiger partial charge in [0.15, 0.2) is 0 Å². The minimum absolute atomic E-state index is 0.0315. The fourth-order valence-electron chi connectivity index (χ4n) is 4.12. The van der Waals surface area contributed by atoms with Gasteiger partial charge in [-0.25, -0.2) is 4.68 Å². The van der Waals surface area contributed by atoms with Gasteiger partial charge in [-0.05, 0) is 69.0 Å². The second-order valence-electron chi connectivity index (χ2n) is 7.52. The third-order valence-electron chi connectivity index (χ3n) is 5.50. The molecule has 1 atom stereocenters. The second kappa shape index (κ2) is 8.07. The van der Waals surface area contributed by atoms with Crippen molar-refractivity contribution >= 4 is 5.91 Å². The normalized spacial score (nSPS) is 16.7. The van der Waals surface area contributed by atoms with Gasteiger partial charge in [0.2, 0.25) is 0 Å². The largest absolute Gasteiger partial charge is 0.494 e. The second-order valence-corrected chi connectivity index (χ2v) is 7.52. The molecular weight excluding hydrogens is 364 g/mol. The van der Waals surface area contributed by atoms with Gasteiger partial charge in [-0.2, -0.15) is 5.10 Å². The van der Waals surface area contributed by atoms with E-state index in [1.807, 2.05) is 60.0 Å². The molecular formula is C23H26N4O2. The Bertz CT molecular complexity index is 1010. The Balaban J connectivity index is 1.71. The first kappa shape index (κ1) is 19.2. The Morgan fingerprint density at radius 2 is 2.03 bits per heavy atom. The van der Waals surface area contributed by atoms with Crippen molar-refractivity contribution in [3.63, 3.8) is 0 Å². The Morgan fingerprint density at radius 1 is 1.17 bits per heavy atom. The fraction of sp³-hybridized carbons (Fsp3) is 0.348. The monoisotopic (exact) mass is 390 g/mol. The molecule has 0 unspecified atom stereocenters. The van der Waals surface area contributed by atoms with Crippen molar-refractivity contribution < 1.29 is 9.53 Å². The van der Waals surface area contributed by atoms with Gasteiger partial charge in [0.25, 0.3) is 5.91 Å². The van der Waals surface area contributed by atoms with E-state index in [9.17, 15) is 4.79 Å². The summed E-state index contributed by atoms with van der Waals surface area (Å²) in [5.74, 6) is 0.721.